The number of carboxylic acids is 2. The summed E-state index contributed by atoms with van der Waals surface area (Å²) in [6.45, 7) is 7.57. The smallest absolute Gasteiger partial charge is 0.414 e. The minimum atomic E-state index is -1.82. The van der Waals surface area contributed by atoms with E-state index in [0.717, 1.165) is 19.6 Å². The van der Waals surface area contributed by atoms with Crippen molar-refractivity contribution in [2.75, 3.05) is 26.2 Å². The van der Waals surface area contributed by atoms with Crippen molar-refractivity contribution in [3.8, 4) is 5.75 Å². The van der Waals surface area contributed by atoms with Gasteiger partial charge in [0, 0.05) is 24.7 Å². The van der Waals surface area contributed by atoms with Gasteiger partial charge in [-0.25, -0.2) is 9.59 Å². The summed E-state index contributed by atoms with van der Waals surface area (Å²) in [4.78, 5) is 20.5. The predicted molar refractivity (Wildman–Crippen MR) is 93.7 cm³/mol. The van der Waals surface area contributed by atoms with Gasteiger partial charge in [-0.05, 0) is 32.0 Å². The number of rotatable bonds is 4. The Morgan fingerprint density at radius 2 is 1.76 bits per heavy atom. The van der Waals surface area contributed by atoms with Crippen molar-refractivity contribution in [2.45, 2.75) is 26.1 Å². The Morgan fingerprint density at radius 1 is 1.20 bits per heavy atom. The van der Waals surface area contributed by atoms with Crippen molar-refractivity contribution in [1.82, 2.24) is 4.90 Å². The van der Waals surface area contributed by atoms with E-state index in [0.29, 0.717) is 22.4 Å². The second kappa shape index (κ2) is 10.5. The number of aliphatic carboxylic acids is 2. The second-order valence-corrected chi connectivity index (χ2v) is 6.39. The molecule has 7 nitrogen and oxygen atoms in total. The SMILES string of the molecule is CC1CN(CCOc2ccc(Cl)cc2Cl)CC(C)O1.O=C(O)C(=O)O. The van der Waals surface area contributed by atoms with Crippen molar-refractivity contribution in [1.29, 1.82) is 0 Å². The van der Waals surface area contributed by atoms with Crippen molar-refractivity contribution in [3.63, 3.8) is 0 Å². The average Bonchev–Trinajstić information content (AvgIpc) is 2.49. The summed E-state index contributed by atoms with van der Waals surface area (Å²) in [5.74, 6) is -2.97. The number of nitrogens with zero attached hydrogens (tertiary/aromatic N) is 1. The van der Waals surface area contributed by atoms with Crippen LogP contribution in [0, 0.1) is 0 Å². The molecule has 2 rings (SSSR count). The normalized spacial score (nSPS) is 20.3. The number of hydrogen-bond acceptors (Lipinski definition) is 5. The first-order valence-electron chi connectivity index (χ1n) is 7.61. The Kier molecular flexibility index (Phi) is 8.99. The van der Waals surface area contributed by atoms with Gasteiger partial charge in [0.1, 0.15) is 12.4 Å². The molecule has 2 atom stereocenters. The lowest BCUT2D eigenvalue weighted by Crippen LogP contribution is -2.46. The summed E-state index contributed by atoms with van der Waals surface area (Å²) in [6, 6.07) is 5.27. The number of benzene rings is 1. The Morgan fingerprint density at radius 3 is 2.24 bits per heavy atom. The lowest BCUT2D eigenvalue weighted by Gasteiger charge is -2.35. The first kappa shape index (κ1) is 21.5. The van der Waals surface area contributed by atoms with Gasteiger partial charge in [0.15, 0.2) is 0 Å². The van der Waals surface area contributed by atoms with Crippen LogP contribution in [0.1, 0.15) is 13.8 Å². The molecule has 1 heterocycles. The molecule has 1 fully saturated rings. The van der Waals surface area contributed by atoms with Crippen molar-refractivity contribution in [2.24, 2.45) is 0 Å². The number of carboxylic acid groups (broad SMARTS) is 2. The van der Waals surface area contributed by atoms with Gasteiger partial charge < -0.3 is 19.7 Å². The van der Waals surface area contributed by atoms with Crippen LogP contribution >= 0.6 is 23.2 Å². The van der Waals surface area contributed by atoms with Gasteiger partial charge in [0.25, 0.3) is 0 Å². The highest BCUT2D eigenvalue weighted by molar-refractivity contribution is 6.35. The zero-order chi connectivity index (χ0) is 19.0. The molecule has 25 heavy (non-hydrogen) atoms. The van der Waals surface area contributed by atoms with Crippen molar-refractivity contribution < 1.29 is 29.3 Å². The van der Waals surface area contributed by atoms with Crippen LogP contribution in [0.5, 0.6) is 5.75 Å². The van der Waals surface area contributed by atoms with Crippen LogP contribution in [0.3, 0.4) is 0 Å². The molecule has 0 aliphatic carbocycles. The molecule has 1 aliphatic rings. The minimum absolute atomic E-state index is 0.280. The van der Waals surface area contributed by atoms with E-state index in [1.54, 1.807) is 18.2 Å². The van der Waals surface area contributed by atoms with Gasteiger partial charge in [-0.1, -0.05) is 23.2 Å². The zero-order valence-electron chi connectivity index (χ0n) is 13.9. The largest absolute Gasteiger partial charge is 0.491 e. The monoisotopic (exact) mass is 393 g/mol. The Balaban J connectivity index is 0.000000450. The third kappa shape index (κ3) is 8.40. The first-order chi connectivity index (χ1) is 11.7. The summed E-state index contributed by atoms with van der Waals surface area (Å²) in [6.07, 6.45) is 0.561. The second-order valence-electron chi connectivity index (χ2n) is 5.55. The van der Waals surface area contributed by atoms with E-state index in [2.05, 4.69) is 18.7 Å². The predicted octanol–water partition coefficient (Wildman–Crippen LogP) is 2.64. The van der Waals surface area contributed by atoms with E-state index < -0.39 is 11.9 Å². The first-order valence-corrected chi connectivity index (χ1v) is 8.36. The number of ether oxygens (including phenoxy) is 2. The van der Waals surface area contributed by atoms with Crippen LogP contribution in [0.15, 0.2) is 18.2 Å². The van der Waals surface area contributed by atoms with Crippen LogP contribution in [0.2, 0.25) is 10.0 Å². The van der Waals surface area contributed by atoms with Gasteiger partial charge in [0.05, 0.1) is 17.2 Å². The van der Waals surface area contributed by atoms with Crippen LogP contribution < -0.4 is 4.74 Å². The van der Waals surface area contributed by atoms with Crippen LogP contribution in [-0.2, 0) is 14.3 Å². The Bertz CT molecular complexity index is 576. The molecule has 1 aromatic rings. The third-order valence-electron chi connectivity index (χ3n) is 3.24. The van der Waals surface area contributed by atoms with E-state index in [1.807, 2.05) is 0 Å². The summed E-state index contributed by atoms with van der Waals surface area (Å²) in [5.41, 5.74) is 0. The number of hydrogen-bond donors (Lipinski definition) is 2. The van der Waals surface area contributed by atoms with Crippen molar-refractivity contribution in [3.05, 3.63) is 28.2 Å². The molecule has 0 saturated carbocycles. The molecule has 0 aromatic heterocycles. The van der Waals surface area contributed by atoms with Crippen LogP contribution in [0.25, 0.3) is 0 Å². The molecule has 1 aliphatic heterocycles. The highest BCUT2D eigenvalue weighted by Gasteiger charge is 2.21. The highest BCUT2D eigenvalue weighted by atomic mass is 35.5. The molecule has 1 aromatic carbocycles. The fourth-order valence-electron chi connectivity index (χ4n) is 2.34. The van der Waals surface area contributed by atoms with Crippen molar-refractivity contribution >= 4 is 35.1 Å². The molecule has 140 valence electrons. The maximum Gasteiger partial charge on any atom is 0.414 e. The fraction of sp³-hybridized carbons (Fsp3) is 0.500. The lowest BCUT2D eigenvalue weighted by atomic mass is 10.2. The maximum atomic E-state index is 9.10. The summed E-state index contributed by atoms with van der Waals surface area (Å²) < 4.78 is 11.4. The van der Waals surface area contributed by atoms with E-state index in [4.69, 9.17) is 52.5 Å². The summed E-state index contributed by atoms with van der Waals surface area (Å²) in [7, 11) is 0. The number of carbonyl (C=O) groups is 2. The van der Waals surface area contributed by atoms with Gasteiger partial charge in [-0.2, -0.15) is 0 Å². The molecule has 0 bridgehead atoms. The quantitative estimate of drug-likeness (QED) is 0.758. The average molecular weight is 394 g/mol. The molecule has 2 N–H and O–H groups in total. The number of halogens is 2. The van der Waals surface area contributed by atoms with Crippen LogP contribution in [0.4, 0.5) is 0 Å². The van der Waals surface area contributed by atoms with E-state index in [1.165, 1.54) is 0 Å². The maximum absolute atomic E-state index is 9.10. The van der Waals surface area contributed by atoms with Crippen LogP contribution in [-0.4, -0.2) is 65.5 Å². The summed E-state index contributed by atoms with van der Waals surface area (Å²) >= 11 is 11.9. The lowest BCUT2D eigenvalue weighted by molar-refractivity contribution is -0.159. The molecule has 9 heteroatoms. The highest BCUT2D eigenvalue weighted by Crippen LogP contribution is 2.27. The summed E-state index contributed by atoms with van der Waals surface area (Å²) in [5, 5.41) is 16.0. The Hall–Kier alpha value is -1.54. The van der Waals surface area contributed by atoms with Gasteiger partial charge >= 0.3 is 11.9 Å². The standard InChI is InChI=1S/C14H19Cl2NO2.C2H2O4/c1-10-8-17(9-11(2)19-10)5-6-18-14-4-3-12(15)7-13(14)16;3-1(4)2(5)6/h3-4,7,10-11H,5-6,8-9H2,1-2H3;(H,3,4)(H,5,6). The van der Waals surface area contributed by atoms with Gasteiger partial charge in [0.2, 0.25) is 0 Å². The topological polar surface area (TPSA) is 96.3 Å². The molecular formula is C16H21Cl2NO6. The molecule has 1 saturated heterocycles. The molecule has 0 radical (unpaired) electrons. The Labute approximate surface area is 156 Å². The minimum Gasteiger partial charge on any atom is -0.491 e. The zero-order valence-corrected chi connectivity index (χ0v) is 15.5. The number of morpholine rings is 1. The molecule has 0 amide bonds. The third-order valence-corrected chi connectivity index (χ3v) is 3.77. The van der Waals surface area contributed by atoms with E-state index in [9.17, 15) is 0 Å². The van der Waals surface area contributed by atoms with Gasteiger partial charge in [-0.3, -0.25) is 4.90 Å². The van der Waals surface area contributed by atoms with E-state index in [-0.39, 0.29) is 12.2 Å². The molecule has 0 spiro atoms. The molecular weight excluding hydrogens is 373 g/mol. The fourth-order valence-corrected chi connectivity index (χ4v) is 2.81. The van der Waals surface area contributed by atoms with Gasteiger partial charge in [-0.15, -0.1) is 0 Å². The molecule has 2 unspecified atom stereocenters. The van der Waals surface area contributed by atoms with E-state index >= 15 is 0 Å².